The van der Waals surface area contributed by atoms with Crippen molar-refractivity contribution in [3.05, 3.63) is 34.9 Å². The Balaban J connectivity index is 2.98. The zero-order valence-electron chi connectivity index (χ0n) is 10.2. The van der Waals surface area contributed by atoms with Crippen LogP contribution < -0.4 is 5.73 Å². The lowest BCUT2D eigenvalue weighted by molar-refractivity contribution is 0.0431. The summed E-state index contributed by atoms with van der Waals surface area (Å²) in [5.74, 6) is 0. The summed E-state index contributed by atoms with van der Waals surface area (Å²) in [7, 11) is 1.44. The fraction of sp³-hybridized carbons (Fsp3) is 0.417. The topological polar surface area (TPSA) is 61.6 Å². The van der Waals surface area contributed by atoms with E-state index in [1.54, 1.807) is 6.92 Å². The summed E-state index contributed by atoms with van der Waals surface area (Å²) >= 11 is 0. The van der Waals surface area contributed by atoms with Crippen LogP contribution in [0.2, 0.25) is 0 Å². The largest absolute Gasteiger partial charge is 0.439 e. The van der Waals surface area contributed by atoms with Gasteiger partial charge in [-0.15, -0.1) is 0 Å². The number of amides is 1. The Morgan fingerprint density at radius 2 is 2.11 bits per heavy atom. The van der Waals surface area contributed by atoms with E-state index in [-0.39, 0.29) is 12.2 Å². The fourth-order valence-corrected chi connectivity index (χ4v) is 1.63. The molecular formula is C12H15F2NO3. The van der Waals surface area contributed by atoms with Gasteiger partial charge in [-0.2, -0.15) is 0 Å². The molecule has 0 spiro atoms. The number of alkyl halides is 2. The predicted octanol–water partition coefficient (Wildman–Crippen LogP) is 2.72. The van der Waals surface area contributed by atoms with Gasteiger partial charge in [0.05, 0.1) is 6.61 Å². The number of rotatable bonds is 5. The molecule has 1 rings (SSSR count). The number of carbonyl (C=O) groups excluding carboxylic acids is 1. The average Bonchev–Trinajstić information content (AvgIpc) is 2.27. The summed E-state index contributed by atoms with van der Waals surface area (Å²) in [5.41, 5.74) is 5.89. The lowest BCUT2D eigenvalue weighted by atomic mass is 10.0. The molecule has 0 fully saturated rings. The van der Waals surface area contributed by atoms with Crippen molar-refractivity contribution in [3.63, 3.8) is 0 Å². The van der Waals surface area contributed by atoms with Crippen LogP contribution in [0.4, 0.5) is 13.6 Å². The normalized spacial score (nSPS) is 12.5. The van der Waals surface area contributed by atoms with Gasteiger partial charge in [0, 0.05) is 12.7 Å². The summed E-state index contributed by atoms with van der Waals surface area (Å²) in [6.07, 6.45) is -4.16. The molecule has 0 radical (unpaired) electrons. The van der Waals surface area contributed by atoms with E-state index in [1.165, 1.54) is 25.3 Å². The molecule has 0 heterocycles. The van der Waals surface area contributed by atoms with E-state index in [2.05, 4.69) is 0 Å². The molecule has 4 nitrogen and oxygen atoms in total. The predicted molar refractivity (Wildman–Crippen MR) is 61.4 cm³/mol. The second-order valence-corrected chi connectivity index (χ2v) is 3.80. The van der Waals surface area contributed by atoms with Gasteiger partial charge in [0.15, 0.2) is 6.10 Å². The molecule has 2 N–H and O–H groups in total. The minimum absolute atomic E-state index is 0.0472. The van der Waals surface area contributed by atoms with E-state index < -0.39 is 18.6 Å². The van der Waals surface area contributed by atoms with Crippen LogP contribution >= 0.6 is 0 Å². The first kappa shape index (κ1) is 14.4. The van der Waals surface area contributed by atoms with E-state index in [4.69, 9.17) is 15.2 Å². The maximum atomic E-state index is 12.6. The maximum Gasteiger partial charge on any atom is 0.405 e. The number of methoxy groups -OCH3 is 1. The lowest BCUT2D eigenvalue weighted by Crippen LogP contribution is -2.20. The number of hydrogen-bond acceptors (Lipinski definition) is 3. The van der Waals surface area contributed by atoms with E-state index in [1.807, 2.05) is 0 Å². The van der Waals surface area contributed by atoms with Crippen LogP contribution in [0.15, 0.2) is 18.2 Å². The molecule has 0 aliphatic carbocycles. The zero-order chi connectivity index (χ0) is 13.7. The van der Waals surface area contributed by atoms with Crippen molar-refractivity contribution in [2.45, 2.75) is 19.5 Å². The number of hydrogen-bond donors (Lipinski definition) is 1. The van der Waals surface area contributed by atoms with E-state index in [0.29, 0.717) is 11.1 Å². The summed E-state index contributed by atoms with van der Waals surface area (Å²) in [5, 5.41) is 0. The van der Waals surface area contributed by atoms with Crippen molar-refractivity contribution in [3.8, 4) is 0 Å². The third kappa shape index (κ3) is 3.66. The van der Waals surface area contributed by atoms with Crippen LogP contribution in [0, 0.1) is 6.92 Å². The number of nitrogens with two attached hydrogens (primary N) is 1. The molecule has 0 aromatic heterocycles. The van der Waals surface area contributed by atoms with Gasteiger partial charge >= 0.3 is 6.09 Å². The Hall–Kier alpha value is -1.69. The van der Waals surface area contributed by atoms with Crippen LogP contribution in [-0.2, 0) is 9.47 Å². The van der Waals surface area contributed by atoms with Gasteiger partial charge in [0.2, 0.25) is 0 Å². The van der Waals surface area contributed by atoms with E-state index in [9.17, 15) is 13.6 Å². The Labute approximate surface area is 104 Å². The van der Waals surface area contributed by atoms with Gasteiger partial charge in [-0.25, -0.2) is 13.6 Å². The average molecular weight is 259 g/mol. The van der Waals surface area contributed by atoms with Gasteiger partial charge in [-0.05, 0) is 18.1 Å². The smallest absolute Gasteiger partial charge is 0.405 e. The van der Waals surface area contributed by atoms with Gasteiger partial charge in [0.1, 0.15) is 0 Å². The summed E-state index contributed by atoms with van der Waals surface area (Å²) in [6.45, 7) is 1.68. The van der Waals surface area contributed by atoms with Crippen molar-refractivity contribution in [1.29, 1.82) is 0 Å². The Morgan fingerprint density at radius 3 is 2.56 bits per heavy atom. The molecule has 1 amide bonds. The number of ether oxygens (including phenoxy) is 2. The summed E-state index contributed by atoms with van der Waals surface area (Å²) < 4.78 is 34.9. The minimum Gasteiger partial charge on any atom is -0.439 e. The Morgan fingerprint density at radius 1 is 1.44 bits per heavy atom. The molecule has 0 aliphatic heterocycles. The number of carbonyl (C=O) groups is 1. The van der Waals surface area contributed by atoms with Crippen molar-refractivity contribution < 1.29 is 23.0 Å². The van der Waals surface area contributed by atoms with Gasteiger partial charge < -0.3 is 15.2 Å². The van der Waals surface area contributed by atoms with Crippen molar-refractivity contribution >= 4 is 6.09 Å². The highest BCUT2D eigenvalue weighted by Crippen LogP contribution is 2.26. The SMILES string of the molecule is COCC(OC(N)=O)c1ccc(C(F)F)c(C)c1. The molecule has 1 aromatic carbocycles. The van der Waals surface area contributed by atoms with Crippen LogP contribution in [0.5, 0.6) is 0 Å². The Kier molecular flexibility index (Phi) is 5.03. The number of halogens is 2. The number of primary amides is 1. The molecule has 18 heavy (non-hydrogen) atoms. The number of aryl methyl sites for hydroxylation is 1. The molecule has 1 aromatic rings. The molecule has 0 saturated heterocycles. The van der Waals surface area contributed by atoms with Gasteiger partial charge in [-0.3, -0.25) is 0 Å². The molecule has 0 aliphatic rings. The lowest BCUT2D eigenvalue weighted by Gasteiger charge is -2.17. The molecule has 1 unspecified atom stereocenters. The molecule has 100 valence electrons. The van der Waals surface area contributed by atoms with E-state index >= 15 is 0 Å². The highest BCUT2D eigenvalue weighted by molar-refractivity contribution is 5.65. The third-order valence-corrected chi connectivity index (χ3v) is 2.48. The van der Waals surface area contributed by atoms with Crippen molar-refractivity contribution in [2.24, 2.45) is 5.73 Å². The van der Waals surface area contributed by atoms with Crippen molar-refractivity contribution in [2.75, 3.05) is 13.7 Å². The molecular weight excluding hydrogens is 244 g/mol. The van der Waals surface area contributed by atoms with Crippen LogP contribution in [-0.4, -0.2) is 19.8 Å². The highest BCUT2D eigenvalue weighted by atomic mass is 19.3. The second kappa shape index (κ2) is 6.30. The highest BCUT2D eigenvalue weighted by Gasteiger charge is 2.18. The molecule has 1 atom stereocenters. The second-order valence-electron chi connectivity index (χ2n) is 3.80. The third-order valence-electron chi connectivity index (χ3n) is 2.48. The zero-order valence-corrected chi connectivity index (χ0v) is 10.2. The maximum absolute atomic E-state index is 12.6. The monoisotopic (exact) mass is 259 g/mol. The first-order chi connectivity index (χ1) is 8.45. The van der Waals surface area contributed by atoms with Crippen molar-refractivity contribution in [1.82, 2.24) is 0 Å². The van der Waals surface area contributed by atoms with Crippen LogP contribution in [0.1, 0.15) is 29.2 Å². The van der Waals surface area contributed by atoms with Gasteiger partial charge in [0.25, 0.3) is 6.43 Å². The first-order valence-corrected chi connectivity index (χ1v) is 5.29. The standard InChI is InChI=1S/C12H15F2NO3/c1-7-5-8(3-4-9(7)11(13)14)10(6-17-2)18-12(15)16/h3-5,10-11H,6H2,1-2H3,(H2,15,16). The number of benzene rings is 1. The fourth-order valence-electron chi connectivity index (χ4n) is 1.63. The van der Waals surface area contributed by atoms with E-state index in [0.717, 1.165) is 0 Å². The Bertz CT molecular complexity index is 424. The summed E-state index contributed by atoms with van der Waals surface area (Å²) in [6, 6.07) is 4.32. The molecule has 0 bridgehead atoms. The quantitative estimate of drug-likeness (QED) is 0.884. The first-order valence-electron chi connectivity index (χ1n) is 5.29. The molecule has 0 saturated carbocycles. The minimum atomic E-state index is -2.53. The summed E-state index contributed by atoms with van der Waals surface area (Å²) in [4.78, 5) is 10.7. The molecule has 6 heteroatoms. The van der Waals surface area contributed by atoms with Crippen LogP contribution in [0.25, 0.3) is 0 Å². The van der Waals surface area contributed by atoms with Gasteiger partial charge in [-0.1, -0.05) is 18.2 Å². The van der Waals surface area contributed by atoms with Crippen LogP contribution in [0.3, 0.4) is 0 Å².